The third kappa shape index (κ3) is 4.94. The number of rotatable bonds is 6. The summed E-state index contributed by atoms with van der Waals surface area (Å²) in [5.41, 5.74) is 0. The summed E-state index contributed by atoms with van der Waals surface area (Å²) in [6, 6.07) is 5.71. The van der Waals surface area contributed by atoms with Crippen LogP contribution in [0.1, 0.15) is 6.42 Å². The Morgan fingerprint density at radius 3 is 2.61 bits per heavy atom. The first-order valence-corrected chi connectivity index (χ1v) is 7.62. The Balaban J connectivity index is 1.72. The highest BCUT2D eigenvalue weighted by Crippen LogP contribution is 2.12. The molecule has 2 heterocycles. The summed E-state index contributed by atoms with van der Waals surface area (Å²) >= 11 is 0. The SMILES string of the molecule is O=CNCCCNC(=O)C(=O)N1CCN(c2ccccn2)CC1. The molecule has 0 unspecified atom stereocenters. The van der Waals surface area contributed by atoms with Crippen molar-refractivity contribution in [2.24, 2.45) is 0 Å². The predicted molar refractivity (Wildman–Crippen MR) is 84.7 cm³/mol. The monoisotopic (exact) mass is 319 g/mol. The summed E-state index contributed by atoms with van der Waals surface area (Å²) in [6.07, 6.45) is 2.93. The summed E-state index contributed by atoms with van der Waals surface area (Å²) in [5, 5.41) is 5.07. The zero-order valence-corrected chi connectivity index (χ0v) is 12.9. The summed E-state index contributed by atoms with van der Waals surface area (Å²) in [5.74, 6) is -0.219. The van der Waals surface area contributed by atoms with Crippen LogP contribution in [0.2, 0.25) is 0 Å². The number of hydrogen-bond acceptors (Lipinski definition) is 5. The molecule has 0 radical (unpaired) electrons. The quantitative estimate of drug-likeness (QED) is 0.398. The zero-order valence-electron chi connectivity index (χ0n) is 12.9. The molecular weight excluding hydrogens is 298 g/mol. The van der Waals surface area contributed by atoms with Gasteiger partial charge in [0.15, 0.2) is 0 Å². The maximum Gasteiger partial charge on any atom is 0.312 e. The van der Waals surface area contributed by atoms with Crippen LogP contribution < -0.4 is 15.5 Å². The van der Waals surface area contributed by atoms with Gasteiger partial charge >= 0.3 is 11.8 Å². The smallest absolute Gasteiger partial charge is 0.312 e. The third-order valence-corrected chi connectivity index (χ3v) is 3.60. The number of hydrogen-bond donors (Lipinski definition) is 2. The van der Waals surface area contributed by atoms with Crippen molar-refractivity contribution in [1.29, 1.82) is 0 Å². The van der Waals surface area contributed by atoms with Gasteiger partial charge < -0.3 is 20.4 Å². The average molecular weight is 319 g/mol. The number of aromatic nitrogens is 1. The molecule has 1 aromatic rings. The number of nitrogens with one attached hydrogen (secondary N) is 2. The van der Waals surface area contributed by atoms with E-state index >= 15 is 0 Å². The van der Waals surface area contributed by atoms with Crippen LogP contribution in [0.5, 0.6) is 0 Å². The van der Waals surface area contributed by atoms with Crippen molar-refractivity contribution in [3.63, 3.8) is 0 Å². The van der Waals surface area contributed by atoms with Gasteiger partial charge in [-0.15, -0.1) is 0 Å². The second kappa shape index (κ2) is 8.72. The van der Waals surface area contributed by atoms with Gasteiger partial charge in [-0.3, -0.25) is 14.4 Å². The van der Waals surface area contributed by atoms with E-state index in [0.29, 0.717) is 52.1 Å². The molecule has 0 spiro atoms. The van der Waals surface area contributed by atoms with Gasteiger partial charge in [0.1, 0.15) is 5.82 Å². The Kier molecular flexibility index (Phi) is 6.34. The number of nitrogens with zero attached hydrogens (tertiary/aromatic N) is 3. The average Bonchev–Trinajstić information content (AvgIpc) is 2.61. The van der Waals surface area contributed by atoms with Gasteiger partial charge in [0.2, 0.25) is 6.41 Å². The normalized spacial score (nSPS) is 14.3. The highest BCUT2D eigenvalue weighted by atomic mass is 16.2. The van der Waals surface area contributed by atoms with E-state index in [1.54, 1.807) is 11.1 Å². The van der Waals surface area contributed by atoms with Gasteiger partial charge in [0.25, 0.3) is 0 Å². The van der Waals surface area contributed by atoms with Crippen molar-refractivity contribution in [2.75, 3.05) is 44.2 Å². The lowest BCUT2D eigenvalue weighted by atomic mass is 10.3. The molecular formula is C15H21N5O3. The standard InChI is InChI=1S/C15H21N5O3/c21-12-16-5-3-7-18-14(22)15(23)20-10-8-19(9-11-20)13-4-1-2-6-17-13/h1-2,4,6,12H,3,5,7-11H2,(H,16,21)(H,18,22). The molecule has 1 saturated heterocycles. The van der Waals surface area contributed by atoms with Crippen LogP contribution in [0.15, 0.2) is 24.4 Å². The molecule has 3 amide bonds. The van der Waals surface area contributed by atoms with E-state index in [-0.39, 0.29) is 0 Å². The fraction of sp³-hybridized carbons (Fsp3) is 0.467. The van der Waals surface area contributed by atoms with Crippen molar-refractivity contribution in [3.05, 3.63) is 24.4 Å². The molecule has 0 saturated carbocycles. The van der Waals surface area contributed by atoms with Gasteiger partial charge in [-0.25, -0.2) is 4.98 Å². The van der Waals surface area contributed by atoms with E-state index in [0.717, 1.165) is 5.82 Å². The molecule has 1 fully saturated rings. The van der Waals surface area contributed by atoms with E-state index in [2.05, 4.69) is 20.5 Å². The first-order valence-electron chi connectivity index (χ1n) is 7.62. The summed E-state index contributed by atoms with van der Waals surface area (Å²) in [4.78, 5) is 41.9. The molecule has 0 aromatic carbocycles. The second-order valence-electron chi connectivity index (χ2n) is 5.15. The van der Waals surface area contributed by atoms with E-state index in [4.69, 9.17) is 0 Å². The number of carbonyl (C=O) groups excluding carboxylic acids is 3. The van der Waals surface area contributed by atoms with Gasteiger partial charge in [-0.1, -0.05) is 6.07 Å². The number of piperazine rings is 1. The molecule has 8 nitrogen and oxygen atoms in total. The van der Waals surface area contributed by atoms with Gasteiger partial charge in [-0.05, 0) is 18.6 Å². The molecule has 23 heavy (non-hydrogen) atoms. The molecule has 2 N–H and O–H groups in total. The first kappa shape index (κ1) is 16.7. The minimum absolute atomic E-state index is 0.360. The Bertz CT molecular complexity index is 529. The first-order chi connectivity index (χ1) is 11.2. The fourth-order valence-electron chi connectivity index (χ4n) is 2.35. The molecule has 1 aliphatic heterocycles. The fourth-order valence-corrected chi connectivity index (χ4v) is 2.35. The van der Waals surface area contributed by atoms with Crippen molar-refractivity contribution in [1.82, 2.24) is 20.5 Å². The maximum absolute atomic E-state index is 12.1. The maximum atomic E-state index is 12.1. The second-order valence-corrected chi connectivity index (χ2v) is 5.15. The number of carbonyl (C=O) groups is 3. The Morgan fingerprint density at radius 1 is 1.17 bits per heavy atom. The van der Waals surface area contributed by atoms with E-state index in [1.165, 1.54) is 0 Å². The van der Waals surface area contributed by atoms with E-state index < -0.39 is 11.8 Å². The summed E-state index contributed by atoms with van der Waals surface area (Å²) in [7, 11) is 0. The number of anilines is 1. The molecule has 0 atom stereocenters. The van der Waals surface area contributed by atoms with Crippen molar-refractivity contribution >= 4 is 24.0 Å². The predicted octanol–water partition coefficient (Wildman–Crippen LogP) is -1.02. The van der Waals surface area contributed by atoms with Crippen LogP contribution in [0.25, 0.3) is 0 Å². The molecule has 0 aliphatic carbocycles. The van der Waals surface area contributed by atoms with Crippen molar-refractivity contribution in [3.8, 4) is 0 Å². The van der Waals surface area contributed by atoms with Crippen LogP contribution in [0.4, 0.5) is 5.82 Å². The zero-order chi connectivity index (χ0) is 16.5. The number of amides is 3. The summed E-state index contributed by atoms with van der Waals surface area (Å²) < 4.78 is 0. The number of pyridine rings is 1. The summed E-state index contributed by atoms with van der Waals surface area (Å²) in [6.45, 7) is 3.13. The van der Waals surface area contributed by atoms with Gasteiger partial charge in [0, 0.05) is 45.5 Å². The Hall–Kier alpha value is -2.64. The van der Waals surface area contributed by atoms with Crippen molar-refractivity contribution < 1.29 is 14.4 Å². The lowest BCUT2D eigenvalue weighted by Crippen LogP contribution is -2.53. The van der Waals surface area contributed by atoms with Crippen molar-refractivity contribution in [2.45, 2.75) is 6.42 Å². The lowest BCUT2D eigenvalue weighted by Gasteiger charge is -2.34. The van der Waals surface area contributed by atoms with Gasteiger partial charge in [-0.2, -0.15) is 0 Å². The molecule has 8 heteroatoms. The van der Waals surface area contributed by atoms with Gasteiger partial charge in [0.05, 0.1) is 0 Å². The van der Waals surface area contributed by atoms with E-state index in [1.807, 2.05) is 18.2 Å². The molecule has 0 bridgehead atoms. The van der Waals surface area contributed by atoms with Crippen LogP contribution in [-0.4, -0.2) is 67.4 Å². The van der Waals surface area contributed by atoms with E-state index in [9.17, 15) is 14.4 Å². The lowest BCUT2D eigenvalue weighted by molar-refractivity contribution is -0.146. The molecule has 1 aliphatic rings. The van der Waals surface area contributed by atoms with Crippen LogP contribution in [0.3, 0.4) is 0 Å². The topological polar surface area (TPSA) is 94.6 Å². The molecule has 2 rings (SSSR count). The Labute approximate surface area is 134 Å². The van der Waals surface area contributed by atoms with Crippen LogP contribution >= 0.6 is 0 Å². The minimum atomic E-state index is -0.595. The van der Waals surface area contributed by atoms with Crippen LogP contribution in [0, 0.1) is 0 Å². The highest BCUT2D eigenvalue weighted by molar-refractivity contribution is 6.35. The largest absolute Gasteiger partial charge is 0.359 e. The Morgan fingerprint density at radius 2 is 1.96 bits per heavy atom. The molecule has 124 valence electrons. The molecule has 1 aromatic heterocycles. The third-order valence-electron chi connectivity index (χ3n) is 3.60. The van der Waals surface area contributed by atoms with Crippen LogP contribution in [-0.2, 0) is 14.4 Å². The minimum Gasteiger partial charge on any atom is -0.359 e. The highest BCUT2D eigenvalue weighted by Gasteiger charge is 2.26.